The SMILES string of the molecule is C[C@H](O)[C@H]1O[C@@H](c2ccc(Cl)c(Cc3ccc(O[C@H]4CCOC4)cc3)c2)[C@H](O)[C@@H](O)[C@@H]1O. The molecule has 0 aliphatic carbocycles. The van der Waals surface area contributed by atoms with Gasteiger partial charge < -0.3 is 34.6 Å². The van der Waals surface area contributed by atoms with Gasteiger partial charge in [-0.1, -0.05) is 35.9 Å². The van der Waals surface area contributed by atoms with Crippen LogP contribution in [0.15, 0.2) is 42.5 Å². The van der Waals surface area contributed by atoms with E-state index in [0.29, 0.717) is 23.6 Å². The van der Waals surface area contributed by atoms with Crippen molar-refractivity contribution in [1.29, 1.82) is 0 Å². The van der Waals surface area contributed by atoms with Crippen molar-refractivity contribution < 1.29 is 34.6 Å². The summed E-state index contributed by atoms with van der Waals surface area (Å²) in [6.45, 7) is 2.81. The molecule has 4 N–H and O–H groups in total. The van der Waals surface area contributed by atoms with Gasteiger partial charge in [-0.2, -0.15) is 0 Å². The third kappa shape index (κ3) is 5.10. The standard InChI is InChI=1S/C24H29ClO7/c1-13(26)23-21(28)20(27)22(29)24(32-23)15-4-7-19(25)16(11-15)10-14-2-5-17(6-3-14)31-18-8-9-30-12-18/h2-7,11,13,18,20-24,26-29H,8-10,12H2,1H3/t13-,18-,20-,21-,22+,23+,24-/m0/s1. The maximum absolute atomic E-state index is 10.5. The summed E-state index contributed by atoms with van der Waals surface area (Å²) < 4.78 is 17.0. The smallest absolute Gasteiger partial charge is 0.124 e. The molecule has 0 aromatic heterocycles. The normalized spacial score (nSPS) is 31.4. The van der Waals surface area contributed by atoms with Crippen molar-refractivity contribution in [3.63, 3.8) is 0 Å². The summed E-state index contributed by atoms with van der Waals surface area (Å²) in [5.74, 6) is 0.791. The van der Waals surface area contributed by atoms with Crippen molar-refractivity contribution in [3.8, 4) is 5.75 Å². The highest BCUT2D eigenvalue weighted by Gasteiger charge is 2.45. The van der Waals surface area contributed by atoms with Gasteiger partial charge in [0, 0.05) is 11.4 Å². The number of aliphatic hydroxyl groups is 4. The van der Waals surface area contributed by atoms with Crippen LogP contribution >= 0.6 is 11.6 Å². The first-order chi connectivity index (χ1) is 15.3. The van der Waals surface area contributed by atoms with Crippen LogP contribution < -0.4 is 4.74 Å². The third-order valence-electron chi connectivity index (χ3n) is 6.03. The molecule has 8 heteroatoms. The molecular weight excluding hydrogens is 436 g/mol. The summed E-state index contributed by atoms with van der Waals surface area (Å²) in [5.41, 5.74) is 2.46. The lowest BCUT2D eigenvalue weighted by molar-refractivity contribution is -0.243. The Kier molecular flexibility index (Phi) is 7.37. The Balaban J connectivity index is 1.50. The fourth-order valence-electron chi connectivity index (χ4n) is 4.19. The Labute approximate surface area is 192 Å². The summed E-state index contributed by atoms with van der Waals surface area (Å²) in [6.07, 6.45) is -5.58. The van der Waals surface area contributed by atoms with Crippen LogP contribution in [0.2, 0.25) is 5.02 Å². The predicted molar refractivity (Wildman–Crippen MR) is 118 cm³/mol. The topological polar surface area (TPSA) is 109 Å². The van der Waals surface area contributed by atoms with Crippen LogP contribution in [0.5, 0.6) is 5.75 Å². The summed E-state index contributed by atoms with van der Waals surface area (Å²) >= 11 is 6.43. The van der Waals surface area contributed by atoms with Crippen molar-refractivity contribution in [1.82, 2.24) is 0 Å². The highest BCUT2D eigenvalue weighted by Crippen LogP contribution is 2.35. The van der Waals surface area contributed by atoms with E-state index < -0.39 is 36.6 Å². The zero-order chi connectivity index (χ0) is 22.8. The summed E-state index contributed by atoms with van der Waals surface area (Å²) in [6, 6.07) is 13.0. The van der Waals surface area contributed by atoms with Crippen LogP contribution in [0.25, 0.3) is 0 Å². The number of hydrogen-bond acceptors (Lipinski definition) is 7. The van der Waals surface area contributed by atoms with E-state index in [0.717, 1.165) is 29.9 Å². The largest absolute Gasteiger partial charge is 0.488 e. The van der Waals surface area contributed by atoms with Gasteiger partial charge in [0.15, 0.2) is 0 Å². The van der Waals surface area contributed by atoms with Gasteiger partial charge in [0.25, 0.3) is 0 Å². The van der Waals surface area contributed by atoms with Gasteiger partial charge in [-0.15, -0.1) is 0 Å². The van der Waals surface area contributed by atoms with Gasteiger partial charge in [-0.25, -0.2) is 0 Å². The van der Waals surface area contributed by atoms with E-state index in [1.54, 1.807) is 12.1 Å². The number of rotatable bonds is 6. The van der Waals surface area contributed by atoms with E-state index in [4.69, 9.17) is 25.8 Å². The molecule has 0 spiro atoms. The zero-order valence-electron chi connectivity index (χ0n) is 17.8. The molecule has 2 aromatic rings. The molecule has 4 rings (SSSR count). The van der Waals surface area contributed by atoms with Gasteiger partial charge in [-0.05, 0) is 48.2 Å². The Bertz CT molecular complexity index is 898. The molecule has 2 heterocycles. The minimum Gasteiger partial charge on any atom is -0.488 e. The fraction of sp³-hybridized carbons (Fsp3) is 0.500. The van der Waals surface area contributed by atoms with Gasteiger partial charge in [-0.3, -0.25) is 0 Å². The first kappa shape index (κ1) is 23.4. The second-order valence-electron chi connectivity index (χ2n) is 8.51. The molecule has 2 saturated heterocycles. The Morgan fingerprint density at radius 2 is 1.81 bits per heavy atom. The molecule has 0 unspecified atom stereocenters. The second kappa shape index (κ2) is 10.1. The average molecular weight is 465 g/mol. The maximum Gasteiger partial charge on any atom is 0.124 e. The molecule has 174 valence electrons. The lowest BCUT2D eigenvalue weighted by Crippen LogP contribution is -2.57. The molecule has 7 nitrogen and oxygen atoms in total. The minimum absolute atomic E-state index is 0.0910. The van der Waals surface area contributed by atoms with Crippen LogP contribution in [0.1, 0.15) is 36.1 Å². The van der Waals surface area contributed by atoms with Crippen LogP contribution in [-0.2, 0) is 15.9 Å². The van der Waals surface area contributed by atoms with E-state index in [1.807, 2.05) is 30.3 Å². The number of halogens is 1. The Hall–Kier alpha value is -1.71. The fourth-order valence-corrected chi connectivity index (χ4v) is 4.38. The number of ether oxygens (including phenoxy) is 3. The first-order valence-electron chi connectivity index (χ1n) is 10.8. The van der Waals surface area contributed by atoms with Crippen molar-refractivity contribution >= 4 is 11.6 Å². The maximum atomic E-state index is 10.5. The Morgan fingerprint density at radius 3 is 2.47 bits per heavy atom. The number of hydrogen-bond donors (Lipinski definition) is 4. The zero-order valence-corrected chi connectivity index (χ0v) is 18.6. The average Bonchev–Trinajstić information content (AvgIpc) is 3.28. The van der Waals surface area contributed by atoms with Crippen molar-refractivity contribution in [2.24, 2.45) is 0 Å². The van der Waals surface area contributed by atoms with E-state index in [-0.39, 0.29) is 6.10 Å². The summed E-state index contributed by atoms with van der Waals surface area (Å²) in [4.78, 5) is 0. The monoisotopic (exact) mass is 464 g/mol. The molecule has 2 fully saturated rings. The first-order valence-corrected chi connectivity index (χ1v) is 11.2. The lowest BCUT2D eigenvalue weighted by Gasteiger charge is -2.42. The van der Waals surface area contributed by atoms with Crippen LogP contribution in [0, 0.1) is 0 Å². The molecule has 2 aromatic carbocycles. The highest BCUT2D eigenvalue weighted by atomic mass is 35.5. The van der Waals surface area contributed by atoms with Gasteiger partial charge >= 0.3 is 0 Å². The second-order valence-corrected chi connectivity index (χ2v) is 8.92. The van der Waals surface area contributed by atoms with Crippen LogP contribution in [0.3, 0.4) is 0 Å². The quantitative estimate of drug-likeness (QED) is 0.517. The van der Waals surface area contributed by atoms with E-state index in [2.05, 4.69) is 0 Å². The van der Waals surface area contributed by atoms with E-state index in [9.17, 15) is 20.4 Å². The van der Waals surface area contributed by atoms with Crippen molar-refractivity contribution in [2.75, 3.05) is 13.2 Å². The molecule has 2 aliphatic heterocycles. The highest BCUT2D eigenvalue weighted by molar-refractivity contribution is 6.31. The number of benzene rings is 2. The molecular formula is C24H29ClO7. The molecule has 7 atom stereocenters. The minimum atomic E-state index is -1.44. The Morgan fingerprint density at radius 1 is 1.06 bits per heavy atom. The summed E-state index contributed by atoms with van der Waals surface area (Å²) in [7, 11) is 0. The summed E-state index contributed by atoms with van der Waals surface area (Å²) in [5, 5.41) is 41.3. The van der Waals surface area contributed by atoms with Crippen LogP contribution in [-0.4, -0.2) is 70.3 Å². The molecule has 0 bridgehead atoms. The van der Waals surface area contributed by atoms with Gasteiger partial charge in [0.1, 0.15) is 42.4 Å². The van der Waals surface area contributed by atoms with Crippen LogP contribution in [0.4, 0.5) is 0 Å². The van der Waals surface area contributed by atoms with Crippen molar-refractivity contribution in [3.05, 3.63) is 64.2 Å². The number of aliphatic hydroxyl groups excluding tert-OH is 4. The van der Waals surface area contributed by atoms with E-state index in [1.165, 1.54) is 6.92 Å². The van der Waals surface area contributed by atoms with Gasteiger partial charge in [0.05, 0.1) is 19.3 Å². The molecule has 0 amide bonds. The van der Waals surface area contributed by atoms with Crippen molar-refractivity contribution in [2.45, 2.75) is 62.5 Å². The molecule has 32 heavy (non-hydrogen) atoms. The third-order valence-corrected chi connectivity index (χ3v) is 6.40. The van der Waals surface area contributed by atoms with E-state index >= 15 is 0 Å². The predicted octanol–water partition coefficient (Wildman–Crippen LogP) is 2.00. The molecule has 2 aliphatic rings. The lowest BCUT2D eigenvalue weighted by atomic mass is 9.88. The molecule has 0 saturated carbocycles. The molecule has 0 radical (unpaired) electrons. The van der Waals surface area contributed by atoms with Gasteiger partial charge in [0.2, 0.25) is 0 Å².